The lowest BCUT2D eigenvalue weighted by Gasteiger charge is -2.19. The first-order valence-electron chi connectivity index (χ1n) is 7.41. The number of carbonyl (C=O) groups excluding carboxylic acids is 2. The number of ether oxygens (including phenoxy) is 1. The predicted octanol–water partition coefficient (Wildman–Crippen LogP) is -0.305. The normalized spacial score (nSPS) is 12.0. The smallest absolute Gasteiger partial charge is 0.316 e. The maximum Gasteiger partial charge on any atom is 0.316 e. The molecule has 0 saturated heterocycles. The number of aromatic nitrogens is 2. The zero-order valence-electron chi connectivity index (χ0n) is 13.3. The topological polar surface area (TPSA) is 106 Å². The van der Waals surface area contributed by atoms with Crippen LogP contribution in [0, 0.1) is 0 Å². The standard InChI is InChI=1S/C14H19N5O4/c1-4-18(5-2)11(21)7-9-12(23-6-3)13(22)19-14(15-9)16-10(8-20)17-19/h17H,4-7H2,1-3H3,(H,15,16). The summed E-state index contributed by atoms with van der Waals surface area (Å²) in [5, 5.41) is 2.62. The van der Waals surface area contributed by atoms with Crippen LogP contribution in [-0.4, -0.2) is 46.1 Å². The van der Waals surface area contributed by atoms with Crippen LogP contribution in [0.2, 0.25) is 0 Å². The third-order valence-corrected chi connectivity index (χ3v) is 3.40. The molecule has 1 aromatic rings. The molecule has 2 N–H and O–H groups in total. The zero-order valence-corrected chi connectivity index (χ0v) is 13.3. The number of nitrogens with zero attached hydrogens (tertiary/aromatic N) is 3. The van der Waals surface area contributed by atoms with E-state index >= 15 is 0 Å². The van der Waals surface area contributed by atoms with Crippen molar-refractivity contribution in [1.29, 1.82) is 0 Å². The van der Waals surface area contributed by atoms with Crippen molar-refractivity contribution in [1.82, 2.24) is 14.6 Å². The number of nitrogens with one attached hydrogen (secondary N) is 2. The minimum absolute atomic E-state index is 0.00166. The summed E-state index contributed by atoms with van der Waals surface area (Å²) in [5.74, 6) is 1.57. The third kappa shape index (κ3) is 3.19. The van der Waals surface area contributed by atoms with Crippen LogP contribution in [0.15, 0.2) is 10.6 Å². The second-order valence-electron chi connectivity index (χ2n) is 4.74. The Morgan fingerprint density at radius 3 is 2.61 bits per heavy atom. The second-order valence-corrected chi connectivity index (χ2v) is 4.74. The minimum atomic E-state index is -0.517. The largest absolute Gasteiger partial charge is 0.487 e. The molecule has 9 nitrogen and oxygen atoms in total. The van der Waals surface area contributed by atoms with Gasteiger partial charge in [-0.2, -0.15) is 4.68 Å². The molecule has 1 aliphatic heterocycles. The van der Waals surface area contributed by atoms with Crippen LogP contribution in [0.1, 0.15) is 26.5 Å². The molecule has 9 heteroatoms. The van der Waals surface area contributed by atoms with Crippen LogP contribution < -0.4 is 21.0 Å². The summed E-state index contributed by atoms with van der Waals surface area (Å²) in [6, 6.07) is 0. The molecule has 23 heavy (non-hydrogen) atoms. The monoisotopic (exact) mass is 321 g/mol. The highest BCUT2D eigenvalue weighted by atomic mass is 16.5. The fourth-order valence-electron chi connectivity index (χ4n) is 2.28. The molecule has 0 fully saturated rings. The summed E-state index contributed by atoms with van der Waals surface area (Å²) >= 11 is 0. The maximum absolute atomic E-state index is 12.5. The molecule has 0 unspecified atom stereocenters. The molecule has 0 bridgehead atoms. The fourth-order valence-corrected chi connectivity index (χ4v) is 2.28. The zero-order chi connectivity index (χ0) is 17.0. The van der Waals surface area contributed by atoms with E-state index in [0.717, 1.165) is 4.68 Å². The van der Waals surface area contributed by atoms with Crippen LogP contribution >= 0.6 is 0 Å². The Labute approximate surface area is 132 Å². The lowest BCUT2D eigenvalue weighted by Crippen LogP contribution is -2.33. The Hall–Kier alpha value is -2.80. The first kappa shape index (κ1) is 16.6. The summed E-state index contributed by atoms with van der Waals surface area (Å²) in [4.78, 5) is 41.3. The van der Waals surface area contributed by atoms with Gasteiger partial charge in [0.25, 0.3) is 0 Å². The lowest BCUT2D eigenvalue weighted by atomic mass is 10.2. The maximum atomic E-state index is 12.5. The first-order valence-corrected chi connectivity index (χ1v) is 7.41. The van der Waals surface area contributed by atoms with Crippen molar-refractivity contribution < 1.29 is 14.3 Å². The molecule has 0 aromatic carbocycles. The average Bonchev–Trinajstić information content (AvgIpc) is 2.95. The van der Waals surface area contributed by atoms with E-state index in [4.69, 9.17) is 4.74 Å². The Morgan fingerprint density at radius 1 is 1.35 bits per heavy atom. The molecule has 0 saturated carbocycles. The summed E-state index contributed by atoms with van der Waals surface area (Å²) < 4.78 is 6.42. The Kier molecular flexibility index (Phi) is 5.02. The lowest BCUT2D eigenvalue weighted by molar-refractivity contribution is -0.130. The number of fused-ring (bicyclic) bond motifs is 1. The SMILES string of the molecule is CCOc1c(CC(=O)N(CC)CC)nc2n(c1=O)NC(=C=O)N2. The molecule has 0 spiro atoms. The number of likely N-dealkylation sites (N-methyl/N-ethyl adjacent to an activating group) is 1. The molecular weight excluding hydrogens is 302 g/mol. The van der Waals surface area contributed by atoms with Crippen LogP contribution in [0.4, 0.5) is 5.95 Å². The van der Waals surface area contributed by atoms with Crippen LogP contribution in [0.3, 0.4) is 0 Å². The predicted molar refractivity (Wildman–Crippen MR) is 83.5 cm³/mol. The van der Waals surface area contributed by atoms with Crippen molar-refractivity contribution in [2.24, 2.45) is 0 Å². The molecule has 2 heterocycles. The van der Waals surface area contributed by atoms with E-state index in [1.54, 1.807) is 17.8 Å². The highest BCUT2D eigenvalue weighted by Gasteiger charge is 2.25. The van der Waals surface area contributed by atoms with E-state index < -0.39 is 5.56 Å². The summed E-state index contributed by atoms with van der Waals surface area (Å²) in [6.45, 7) is 6.88. The molecule has 1 amide bonds. The van der Waals surface area contributed by atoms with Crippen LogP contribution in [0.5, 0.6) is 5.75 Å². The molecule has 124 valence electrons. The Balaban J connectivity index is 2.43. The molecule has 2 rings (SSSR count). The number of hydrogen-bond donors (Lipinski definition) is 2. The van der Waals surface area contributed by atoms with Crippen molar-refractivity contribution >= 4 is 17.8 Å². The third-order valence-electron chi connectivity index (χ3n) is 3.40. The highest BCUT2D eigenvalue weighted by molar-refractivity contribution is 5.79. The van der Waals surface area contributed by atoms with Gasteiger partial charge in [-0.15, -0.1) is 0 Å². The molecule has 0 radical (unpaired) electrons. The Morgan fingerprint density at radius 2 is 2.04 bits per heavy atom. The van der Waals surface area contributed by atoms with E-state index in [-0.39, 0.29) is 42.1 Å². The van der Waals surface area contributed by atoms with Gasteiger partial charge in [0.2, 0.25) is 23.4 Å². The number of anilines is 1. The van der Waals surface area contributed by atoms with Gasteiger partial charge in [0.05, 0.1) is 13.0 Å². The number of hydrogen-bond acceptors (Lipinski definition) is 7. The highest BCUT2D eigenvalue weighted by Crippen LogP contribution is 2.19. The van der Waals surface area contributed by atoms with Crippen molar-refractivity contribution in [2.75, 3.05) is 30.4 Å². The molecule has 1 aromatic heterocycles. The van der Waals surface area contributed by atoms with Crippen molar-refractivity contribution in [3.8, 4) is 5.75 Å². The molecule has 0 aliphatic carbocycles. The Bertz CT molecular complexity index is 717. The van der Waals surface area contributed by atoms with Gasteiger partial charge >= 0.3 is 5.56 Å². The van der Waals surface area contributed by atoms with Gasteiger partial charge in [-0.25, -0.2) is 9.78 Å². The van der Waals surface area contributed by atoms with Gasteiger partial charge in [-0.05, 0) is 20.8 Å². The van der Waals surface area contributed by atoms with E-state index in [9.17, 15) is 14.4 Å². The van der Waals surface area contributed by atoms with Crippen molar-refractivity contribution in [2.45, 2.75) is 27.2 Å². The minimum Gasteiger partial charge on any atom is -0.487 e. The van der Waals surface area contributed by atoms with Gasteiger partial charge in [-0.1, -0.05) is 0 Å². The van der Waals surface area contributed by atoms with E-state index in [1.165, 1.54) is 0 Å². The quantitative estimate of drug-likeness (QED) is 0.693. The van der Waals surface area contributed by atoms with Crippen molar-refractivity contribution in [3.05, 3.63) is 21.9 Å². The summed E-state index contributed by atoms with van der Waals surface area (Å²) in [7, 11) is 0. The number of carbonyl (C=O) groups is 1. The molecule has 0 atom stereocenters. The second kappa shape index (κ2) is 6.97. The number of amides is 1. The summed E-state index contributed by atoms with van der Waals surface area (Å²) in [6.07, 6.45) is -0.0537. The number of rotatable bonds is 6. The van der Waals surface area contributed by atoms with Gasteiger partial charge < -0.3 is 9.64 Å². The van der Waals surface area contributed by atoms with E-state index in [1.807, 2.05) is 13.8 Å². The van der Waals surface area contributed by atoms with Gasteiger partial charge in [0.15, 0.2) is 5.94 Å². The van der Waals surface area contributed by atoms with Crippen molar-refractivity contribution in [3.63, 3.8) is 0 Å². The van der Waals surface area contributed by atoms with Crippen LogP contribution in [-0.2, 0) is 16.0 Å². The summed E-state index contributed by atoms with van der Waals surface area (Å²) in [5.41, 5.74) is 2.25. The fraction of sp³-hybridized carbons (Fsp3) is 0.500. The van der Waals surface area contributed by atoms with Gasteiger partial charge in [0, 0.05) is 13.1 Å². The van der Waals surface area contributed by atoms with E-state index in [2.05, 4.69) is 15.7 Å². The van der Waals surface area contributed by atoms with Crippen LogP contribution in [0.25, 0.3) is 0 Å². The van der Waals surface area contributed by atoms with Gasteiger partial charge in [0.1, 0.15) is 5.69 Å². The first-order chi connectivity index (χ1) is 11.0. The van der Waals surface area contributed by atoms with E-state index in [0.29, 0.717) is 13.1 Å². The average molecular weight is 321 g/mol. The molecule has 1 aliphatic rings. The van der Waals surface area contributed by atoms with Gasteiger partial charge in [-0.3, -0.25) is 20.3 Å². The molecular formula is C14H19N5O4.